The Kier molecular flexibility index (Phi) is 7.03. The molecule has 0 aliphatic heterocycles. The van der Waals surface area contributed by atoms with Gasteiger partial charge in [0.25, 0.3) is 5.91 Å². The zero-order valence-electron chi connectivity index (χ0n) is 14.9. The lowest BCUT2D eigenvalue weighted by molar-refractivity contribution is -0.116. The Balaban J connectivity index is 1.89. The van der Waals surface area contributed by atoms with Gasteiger partial charge in [-0.05, 0) is 42.8 Å². The lowest BCUT2D eigenvalue weighted by Crippen LogP contribution is -2.27. The third kappa shape index (κ3) is 5.23. The van der Waals surface area contributed by atoms with Crippen molar-refractivity contribution in [3.8, 4) is 11.5 Å². The van der Waals surface area contributed by atoms with Crippen LogP contribution in [0.25, 0.3) is 0 Å². The van der Waals surface area contributed by atoms with Crippen LogP contribution < -0.4 is 20.1 Å². The van der Waals surface area contributed by atoms with Crippen molar-refractivity contribution in [3.63, 3.8) is 0 Å². The molecule has 0 aliphatic carbocycles. The van der Waals surface area contributed by atoms with E-state index in [2.05, 4.69) is 26.6 Å². The van der Waals surface area contributed by atoms with Crippen molar-refractivity contribution in [1.82, 2.24) is 5.32 Å². The number of hydrogen-bond acceptors (Lipinski definition) is 4. The Morgan fingerprint density at radius 1 is 1.04 bits per heavy atom. The Morgan fingerprint density at radius 2 is 1.65 bits per heavy atom. The van der Waals surface area contributed by atoms with E-state index in [4.69, 9.17) is 9.47 Å². The number of benzene rings is 2. The fourth-order valence-electron chi connectivity index (χ4n) is 2.32. The molecule has 0 spiro atoms. The van der Waals surface area contributed by atoms with E-state index in [1.807, 2.05) is 6.92 Å². The molecule has 0 radical (unpaired) electrons. The summed E-state index contributed by atoms with van der Waals surface area (Å²) in [7, 11) is 3.10. The highest BCUT2D eigenvalue weighted by Gasteiger charge is 2.11. The number of ether oxygens (including phenoxy) is 2. The highest BCUT2D eigenvalue weighted by molar-refractivity contribution is 9.10. The standard InChI is InChI=1S/C19H21BrN2O4/c1-12-10-16(25-2)17(26-3)11-15(12)22-18(23)8-9-21-19(24)13-4-6-14(20)7-5-13/h4-7,10-11H,8-9H2,1-3H3,(H,21,24)(H,22,23). The molecule has 0 aromatic heterocycles. The number of hydrogen-bond donors (Lipinski definition) is 2. The van der Waals surface area contributed by atoms with Crippen LogP contribution in [0, 0.1) is 6.92 Å². The second-order valence-electron chi connectivity index (χ2n) is 5.58. The van der Waals surface area contributed by atoms with E-state index < -0.39 is 0 Å². The molecule has 2 rings (SSSR count). The van der Waals surface area contributed by atoms with Crippen LogP contribution in [0.15, 0.2) is 40.9 Å². The van der Waals surface area contributed by atoms with E-state index in [0.717, 1.165) is 10.0 Å². The van der Waals surface area contributed by atoms with Crippen LogP contribution in [0.4, 0.5) is 5.69 Å². The van der Waals surface area contributed by atoms with Crippen molar-refractivity contribution < 1.29 is 19.1 Å². The van der Waals surface area contributed by atoms with Crippen LogP contribution in [-0.4, -0.2) is 32.6 Å². The van der Waals surface area contributed by atoms with E-state index in [0.29, 0.717) is 22.7 Å². The normalized spacial score (nSPS) is 10.2. The molecule has 138 valence electrons. The number of methoxy groups -OCH3 is 2. The molecule has 0 bridgehead atoms. The summed E-state index contributed by atoms with van der Waals surface area (Å²) in [6.45, 7) is 2.11. The molecular formula is C19H21BrN2O4. The van der Waals surface area contributed by atoms with Crippen LogP contribution >= 0.6 is 15.9 Å². The topological polar surface area (TPSA) is 76.7 Å². The SMILES string of the molecule is COc1cc(C)c(NC(=O)CCNC(=O)c2ccc(Br)cc2)cc1OC. The highest BCUT2D eigenvalue weighted by Crippen LogP contribution is 2.32. The van der Waals surface area contributed by atoms with Gasteiger partial charge in [0.15, 0.2) is 11.5 Å². The number of aryl methyl sites for hydroxylation is 1. The predicted octanol–water partition coefficient (Wildman–Crippen LogP) is 3.53. The molecule has 0 atom stereocenters. The first-order valence-electron chi connectivity index (χ1n) is 8.01. The van der Waals surface area contributed by atoms with E-state index in [9.17, 15) is 9.59 Å². The van der Waals surface area contributed by atoms with Gasteiger partial charge in [0.1, 0.15) is 0 Å². The molecule has 0 aliphatic rings. The van der Waals surface area contributed by atoms with Crippen molar-refractivity contribution in [2.24, 2.45) is 0 Å². The molecule has 26 heavy (non-hydrogen) atoms. The monoisotopic (exact) mass is 420 g/mol. The zero-order chi connectivity index (χ0) is 19.1. The van der Waals surface area contributed by atoms with E-state index in [-0.39, 0.29) is 24.8 Å². The molecule has 7 heteroatoms. The van der Waals surface area contributed by atoms with E-state index in [1.54, 1.807) is 43.5 Å². The molecule has 2 aromatic carbocycles. The number of nitrogens with one attached hydrogen (secondary N) is 2. The summed E-state index contributed by atoms with van der Waals surface area (Å²) in [5, 5.41) is 5.56. The predicted molar refractivity (Wildman–Crippen MR) is 104 cm³/mol. The minimum Gasteiger partial charge on any atom is -0.493 e. The molecule has 0 saturated carbocycles. The molecule has 2 aromatic rings. The number of amides is 2. The second-order valence-corrected chi connectivity index (χ2v) is 6.50. The lowest BCUT2D eigenvalue weighted by atomic mass is 10.1. The van der Waals surface area contributed by atoms with Crippen LogP contribution in [-0.2, 0) is 4.79 Å². The lowest BCUT2D eigenvalue weighted by Gasteiger charge is -2.13. The summed E-state index contributed by atoms with van der Waals surface area (Å²) in [4.78, 5) is 24.2. The van der Waals surface area contributed by atoms with Crippen molar-refractivity contribution >= 4 is 33.4 Å². The highest BCUT2D eigenvalue weighted by atomic mass is 79.9. The van der Waals surface area contributed by atoms with Gasteiger partial charge in [0.05, 0.1) is 14.2 Å². The number of carbonyl (C=O) groups excluding carboxylic acids is 2. The largest absolute Gasteiger partial charge is 0.493 e. The molecule has 2 N–H and O–H groups in total. The van der Waals surface area contributed by atoms with Gasteiger partial charge in [-0.15, -0.1) is 0 Å². The average molecular weight is 421 g/mol. The summed E-state index contributed by atoms with van der Waals surface area (Å²) >= 11 is 3.32. The first-order chi connectivity index (χ1) is 12.4. The number of carbonyl (C=O) groups is 2. The Labute approximate surface area is 161 Å². The van der Waals surface area contributed by atoms with Crippen LogP contribution in [0.5, 0.6) is 11.5 Å². The van der Waals surface area contributed by atoms with E-state index >= 15 is 0 Å². The fraction of sp³-hybridized carbons (Fsp3) is 0.263. The minimum absolute atomic E-state index is 0.163. The number of halogens is 1. The summed E-state index contributed by atoms with van der Waals surface area (Å²) in [5.41, 5.74) is 2.05. The van der Waals surface area contributed by atoms with Crippen molar-refractivity contribution in [3.05, 3.63) is 52.0 Å². The van der Waals surface area contributed by atoms with Crippen LogP contribution in [0.2, 0.25) is 0 Å². The maximum Gasteiger partial charge on any atom is 0.251 e. The smallest absolute Gasteiger partial charge is 0.251 e. The van der Waals surface area contributed by atoms with Gasteiger partial charge < -0.3 is 20.1 Å². The minimum atomic E-state index is -0.215. The maximum atomic E-state index is 12.1. The summed E-state index contributed by atoms with van der Waals surface area (Å²) in [6, 6.07) is 10.5. The van der Waals surface area contributed by atoms with Crippen molar-refractivity contribution in [2.75, 3.05) is 26.1 Å². The quantitative estimate of drug-likeness (QED) is 0.717. The first-order valence-corrected chi connectivity index (χ1v) is 8.80. The molecular weight excluding hydrogens is 400 g/mol. The van der Waals surface area contributed by atoms with Crippen LogP contribution in [0.1, 0.15) is 22.3 Å². The van der Waals surface area contributed by atoms with Crippen molar-refractivity contribution in [1.29, 1.82) is 0 Å². The Morgan fingerprint density at radius 3 is 2.27 bits per heavy atom. The van der Waals surface area contributed by atoms with Gasteiger partial charge in [0, 0.05) is 34.8 Å². The molecule has 0 saturated heterocycles. The number of anilines is 1. The van der Waals surface area contributed by atoms with Crippen LogP contribution in [0.3, 0.4) is 0 Å². The van der Waals surface area contributed by atoms with Gasteiger partial charge >= 0.3 is 0 Å². The first kappa shape index (κ1) is 19.8. The van der Waals surface area contributed by atoms with Crippen molar-refractivity contribution in [2.45, 2.75) is 13.3 Å². The molecule has 0 heterocycles. The maximum absolute atomic E-state index is 12.1. The number of rotatable bonds is 7. The van der Waals surface area contributed by atoms with Gasteiger partial charge in [-0.1, -0.05) is 15.9 Å². The van der Waals surface area contributed by atoms with E-state index in [1.165, 1.54) is 7.11 Å². The third-order valence-corrected chi connectivity index (χ3v) is 4.28. The third-order valence-electron chi connectivity index (χ3n) is 3.75. The van der Waals surface area contributed by atoms with Gasteiger partial charge in [-0.3, -0.25) is 9.59 Å². The molecule has 0 fully saturated rings. The summed E-state index contributed by atoms with van der Waals surface area (Å²) in [6.07, 6.45) is 0.163. The second kappa shape index (κ2) is 9.24. The van der Waals surface area contributed by atoms with Gasteiger partial charge in [-0.25, -0.2) is 0 Å². The summed E-state index contributed by atoms with van der Waals surface area (Å²) in [5.74, 6) is 0.728. The molecule has 0 unspecified atom stereocenters. The Hall–Kier alpha value is -2.54. The van der Waals surface area contributed by atoms with Gasteiger partial charge in [0.2, 0.25) is 5.91 Å². The molecule has 6 nitrogen and oxygen atoms in total. The fourth-order valence-corrected chi connectivity index (χ4v) is 2.59. The average Bonchev–Trinajstić information content (AvgIpc) is 2.63. The summed E-state index contributed by atoms with van der Waals surface area (Å²) < 4.78 is 11.4. The Bertz CT molecular complexity index is 791. The van der Waals surface area contributed by atoms with Gasteiger partial charge in [-0.2, -0.15) is 0 Å². The molecule has 2 amide bonds. The zero-order valence-corrected chi connectivity index (χ0v) is 16.5.